The fourth-order valence-electron chi connectivity index (χ4n) is 3.08. The Kier molecular flexibility index (Phi) is 8.64. The third-order valence-corrected chi connectivity index (χ3v) is 4.38. The van der Waals surface area contributed by atoms with Crippen molar-refractivity contribution in [1.82, 2.24) is 4.98 Å². The van der Waals surface area contributed by atoms with Crippen LogP contribution < -0.4 is 0 Å². The Morgan fingerprint density at radius 1 is 0.879 bits per heavy atom. The number of aromatic nitrogens is 1. The first kappa shape index (κ1) is 26.4. The second kappa shape index (κ2) is 10.8. The van der Waals surface area contributed by atoms with Crippen molar-refractivity contribution >= 4 is 11.9 Å². The predicted molar refractivity (Wildman–Crippen MR) is 102 cm³/mol. The molecular weight excluding hydrogens is 460 g/mol. The number of hydrogen-bond acceptors (Lipinski definition) is 6. The molecule has 0 aliphatic heterocycles. The Bertz CT molecular complexity index is 896. The number of halogens is 6. The molecule has 1 aliphatic carbocycles. The molecule has 1 aliphatic rings. The largest absolute Gasteiger partial charge is 0.462 e. The van der Waals surface area contributed by atoms with Crippen molar-refractivity contribution in [3.05, 3.63) is 51.9 Å². The number of carbonyl (C=O) groups is 2. The van der Waals surface area contributed by atoms with Crippen molar-refractivity contribution in [3.63, 3.8) is 0 Å². The highest BCUT2D eigenvalue weighted by molar-refractivity contribution is 5.99. The fourth-order valence-corrected chi connectivity index (χ4v) is 3.08. The van der Waals surface area contributed by atoms with Crippen LogP contribution in [0.2, 0.25) is 0 Å². The summed E-state index contributed by atoms with van der Waals surface area (Å²) in [6, 6.07) is 0. The molecule has 0 unspecified atom stereocenters. The topological polar surface area (TPSA) is 74.7 Å². The van der Waals surface area contributed by atoms with Crippen molar-refractivity contribution in [2.45, 2.75) is 45.6 Å². The van der Waals surface area contributed by atoms with Crippen LogP contribution in [0.5, 0.6) is 0 Å². The number of pyridine rings is 1. The van der Waals surface area contributed by atoms with E-state index in [4.69, 9.17) is 4.74 Å². The standard InChI is InChI=1S/C21H21F6NO5/c1-3-32-18(29)14-13(11-31-10-12-8-6-5-7-9-12)15(19(30)33-4-2)17(21(25,26)27)28-16(14)20(22,23)24/h6,8-9H,3-5,7,10-11H2,1-2H3. The van der Waals surface area contributed by atoms with E-state index in [0.717, 1.165) is 6.42 Å². The first-order chi connectivity index (χ1) is 15.4. The van der Waals surface area contributed by atoms with Crippen molar-refractivity contribution < 1.29 is 50.1 Å². The van der Waals surface area contributed by atoms with Crippen LogP contribution in [0, 0.1) is 0 Å². The molecule has 0 bridgehead atoms. The molecule has 0 N–H and O–H groups in total. The number of rotatable bonds is 8. The van der Waals surface area contributed by atoms with Gasteiger partial charge in [0.05, 0.1) is 37.6 Å². The molecule has 0 atom stereocenters. The molecule has 1 aromatic rings. The average molecular weight is 481 g/mol. The number of allylic oxidation sites excluding steroid dienone is 2. The van der Waals surface area contributed by atoms with Gasteiger partial charge in [-0.05, 0) is 32.3 Å². The predicted octanol–water partition coefficient (Wildman–Crippen LogP) is 5.27. The highest BCUT2D eigenvalue weighted by atomic mass is 19.4. The van der Waals surface area contributed by atoms with Crippen molar-refractivity contribution in [3.8, 4) is 0 Å². The fraction of sp³-hybridized carbons (Fsp3) is 0.476. The van der Waals surface area contributed by atoms with Crippen LogP contribution in [0.4, 0.5) is 26.3 Å². The van der Waals surface area contributed by atoms with Crippen molar-refractivity contribution in [2.24, 2.45) is 0 Å². The zero-order valence-corrected chi connectivity index (χ0v) is 17.7. The molecule has 0 fully saturated rings. The summed E-state index contributed by atoms with van der Waals surface area (Å²) in [5.74, 6) is -3.18. The summed E-state index contributed by atoms with van der Waals surface area (Å²) in [6.07, 6.45) is -4.16. The molecule has 0 aromatic carbocycles. The molecule has 1 heterocycles. The molecule has 0 saturated carbocycles. The maximum Gasteiger partial charge on any atom is 0.434 e. The summed E-state index contributed by atoms with van der Waals surface area (Å²) in [4.78, 5) is 27.5. The second-order valence-electron chi connectivity index (χ2n) is 6.73. The summed E-state index contributed by atoms with van der Waals surface area (Å²) in [6.45, 7) is 0.752. The van der Waals surface area contributed by atoms with Crippen LogP contribution in [0.25, 0.3) is 0 Å². The third kappa shape index (κ3) is 6.56. The lowest BCUT2D eigenvalue weighted by atomic mass is 9.97. The second-order valence-corrected chi connectivity index (χ2v) is 6.73. The van der Waals surface area contributed by atoms with Gasteiger partial charge in [0.1, 0.15) is 0 Å². The minimum Gasteiger partial charge on any atom is -0.462 e. The van der Waals surface area contributed by atoms with Crippen LogP contribution in [0.15, 0.2) is 23.8 Å². The van der Waals surface area contributed by atoms with Gasteiger partial charge in [0.2, 0.25) is 0 Å². The Morgan fingerprint density at radius 2 is 1.39 bits per heavy atom. The molecule has 6 nitrogen and oxygen atoms in total. The van der Waals surface area contributed by atoms with Gasteiger partial charge in [-0.2, -0.15) is 26.3 Å². The molecular formula is C21H21F6NO5. The van der Waals surface area contributed by atoms with Gasteiger partial charge in [-0.1, -0.05) is 18.2 Å². The van der Waals surface area contributed by atoms with E-state index in [1.165, 1.54) is 13.8 Å². The van der Waals surface area contributed by atoms with Crippen LogP contribution in [0.3, 0.4) is 0 Å². The van der Waals surface area contributed by atoms with Gasteiger partial charge < -0.3 is 14.2 Å². The molecule has 182 valence electrons. The third-order valence-electron chi connectivity index (χ3n) is 4.38. The van der Waals surface area contributed by atoms with E-state index >= 15 is 0 Å². The van der Waals surface area contributed by atoms with E-state index < -0.39 is 59.0 Å². The zero-order valence-electron chi connectivity index (χ0n) is 17.7. The molecule has 12 heteroatoms. The molecule has 1 aromatic heterocycles. The quantitative estimate of drug-likeness (QED) is 0.372. The van der Waals surface area contributed by atoms with Gasteiger partial charge in [0.25, 0.3) is 0 Å². The smallest absolute Gasteiger partial charge is 0.434 e. The van der Waals surface area contributed by atoms with Gasteiger partial charge in [0.15, 0.2) is 11.4 Å². The molecule has 33 heavy (non-hydrogen) atoms. The van der Waals surface area contributed by atoms with Crippen molar-refractivity contribution in [2.75, 3.05) is 19.8 Å². The first-order valence-corrected chi connectivity index (χ1v) is 9.90. The van der Waals surface area contributed by atoms with Gasteiger partial charge >= 0.3 is 24.3 Å². The lowest BCUT2D eigenvalue weighted by Crippen LogP contribution is -2.28. The first-order valence-electron chi connectivity index (χ1n) is 9.90. The summed E-state index contributed by atoms with van der Waals surface area (Å²) >= 11 is 0. The van der Waals surface area contributed by atoms with Crippen LogP contribution in [0.1, 0.15) is 64.4 Å². The minimum absolute atomic E-state index is 0.175. The van der Waals surface area contributed by atoms with E-state index in [0.29, 0.717) is 12.0 Å². The molecule has 0 radical (unpaired) electrons. The van der Waals surface area contributed by atoms with E-state index in [1.807, 2.05) is 6.08 Å². The normalized spacial score (nSPS) is 14.1. The summed E-state index contributed by atoms with van der Waals surface area (Å²) in [5.41, 5.74) is -7.23. The summed E-state index contributed by atoms with van der Waals surface area (Å²) in [5, 5.41) is 0. The van der Waals surface area contributed by atoms with E-state index in [9.17, 15) is 35.9 Å². The van der Waals surface area contributed by atoms with Crippen molar-refractivity contribution in [1.29, 1.82) is 0 Å². The highest BCUT2D eigenvalue weighted by Crippen LogP contribution is 2.40. The molecule has 0 spiro atoms. The number of carbonyl (C=O) groups excluding carboxylic acids is 2. The van der Waals surface area contributed by atoms with Gasteiger partial charge in [0, 0.05) is 5.56 Å². The van der Waals surface area contributed by atoms with Crippen LogP contribution in [-0.4, -0.2) is 36.7 Å². The van der Waals surface area contributed by atoms with E-state index in [1.54, 1.807) is 12.2 Å². The maximum atomic E-state index is 13.7. The zero-order chi connectivity index (χ0) is 24.8. The minimum atomic E-state index is -5.46. The number of hydrogen-bond donors (Lipinski definition) is 0. The number of alkyl halides is 6. The average Bonchev–Trinajstić information content (AvgIpc) is 2.72. The SMILES string of the molecule is CCOC(=O)c1c(C(F)(F)F)nc(C(F)(F)F)c(C(=O)OCC)c1COCC1=CCCC=C1. The summed E-state index contributed by atoms with van der Waals surface area (Å²) in [7, 11) is 0. The Labute approximate surface area is 185 Å². The molecule has 0 saturated heterocycles. The Balaban J connectivity index is 2.75. The molecule has 2 rings (SSSR count). The Hall–Kier alpha value is -2.89. The van der Waals surface area contributed by atoms with Gasteiger partial charge in [-0.3, -0.25) is 0 Å². The summed E-state index contributed by atoms with van der Waals surface area (Å²) < 4.78 is 96.7. The lowest BCUT2D eigenvalue weighted by Gasteiger charge is -2.22. The van der Waals surface area contributed by atoms with Crippen LogP contribution in [-0.2, 0) is 33.2 Å². The highest BCUT2D eigenvalue weighted by Gasteiger charge is 2.47. The number of ether oxygens (including phenoxy) is 3. The van der Waals surface area contributed by atoms with Gasteiger partial charge in [-0.15, -0.1) is 0 Å². The lowest BCUT2D eigenvalue weighted by molar-refractivity contribution is -0.151. The molecule has 0 amide bonds. The van der Waals surface area contributed by atoms with Gasteiger partial charge in [-0.25, -0.2) is 14.6 Å². The van der Waals surface area contributed by atoms with Crippen LogP contribution >= 0.6 is 0 Å². The Morgan fingerprint density at radius 3 is 1.79 bits per heavy atom. The maximum absolute atomic E-state index is 13.7. The van der Waals surface area contributed by atoms with E-state index in [2.05, 4.69) is 14.5 Å². The van der Waals surface area contributed by atoms with E-state index in [-0.39, 0.29) is 19.8 Å². The number of nitrogens with zero attached hydrogens (tertiary/aromatic N) is 1. The monoisotopic (exact) mass is 481 g/mol. The number of esters is 2.